The third kappa shape index (κ3) is 3.72. The zero-order chi connectivity index (χ0) is 11.2. The van der Waals surface area contributed by atoms with Crippen LogP contribution in [0.1, 0.15) is 32.1 Å². The lowest BCUT2D eigenvalue weighted by molar-refractivity contribution is 0.0291. The minimum atomic E-state index is 0.488. The van der Waals surface area contributed by atoms with Crippen LogP contribution >= 0.6 is 0 Å². The monoisotopic (exact) mass is 226 g/mol. The number of hydrogen-bond acceptors (Lipinski definition) is 3. The minimum Gasteiger partial charge on any atom is -0.380 e. The Morgan fingerprint density at radius 1 is 1.25 bits per heavy atom. The fourth-order valence-electron chi connectivity index (χ4n) is 2.94. The lowest BCUT2D eigenvalue weighted by Gasteiger charge is -2.33. The standard InChI is InChI=1S/C13H26N2O/c1-16-13-3-2-9-15(11-13)10-6-12-4-7-14-8-5-12/h12-14H,2-11H2,1H3. The van der Waals surface area contributed by atoms with Crippen molar-refractivity contribution in [1.82, 2.24) is 10.2 Å². The van der Waals surface area contributed by atoms with Gasteiger partial charge in [0.15, 0.2) is 0 Å². The average molecular weight is 226 g/mol. The second kappa shape index (κ2) is 6.58. The fourth-order valence-corrected chi connectivity index (χ4v) is 2.94. The first kappa shape index (κ1) is 12.3. The number of rotatable bonds is 4. The molecule has 0 aromatic rings. The molecule has 2 aliphatic heterocycles. The largest absolute Gasteiger partial charge is 0.380 e. The summed E-state index contributed by atoms with van der Waals surface area (Å²) in [4.78, 5) is 2.60. The number of methoxy groups -OCH3 is 1. The molecule has 0 radical (unpaired) electrons. The van der Waals surface area contributed by atoms with Gasteiger partial charge >= 0.3 is 0 Å². The van der Waals surface area contributed by atoms with Crippen molar-refractivity contribution >= 4 is 0 Å². The van der Waals surface area contributed by atoms with Crippen LogP contribution in [0.3, 0.4) is 0 Å². The number of likely N-dealkylation sites (tertiary alicyclic amines) is 1. The quantitative estimate of drug-likeness (QED) is 0.786. The van der Waals surface area contributed by atoms with Gasteiger partial charge in [0.05, 0.1) is 6.10 Å². The summed E-state index contributed by atoms with van der Waals surface area (Å²) in [7, 11) is 1.85. The maximum atomic E-state index is 5.46. The van der Waals surface area contributed by atoms with E-state index in [1.807, 2.05) is 7.11 Å². The van der Waals surface area contributed by atoms with Gasteiger partial charge in [-0.3, -0.25) is 0 Å². The van der Waals surface area contributed by atoms with Gasteiger partial charge in [-0.25, -0.2) is 0 Å². The van der Waals surface area contributed by atoms with Crippen LogP contribution in [0.15, 0.2) is 0 Å². The van der Waals surface area contributed by atoms with Crippen LogP contribution in [0.2, 0.25) is 0 Å². The molecule has 2 saturated heterocycles. The molecule has 0 amide bonds. The summed E-state index contributed by atoms with van der Waals surface area (Å²) in [5.41, 5.74) is 0. The van der Waals surface area contributed by atoms with Gasteiger partial charge in [-0.2, -0.15) is 0 Å². The van der Waals surface area contributed by atoms with E-state index in [9.17, 15) is 0 Å². The van der Waals surface area contributed by atoms with Crippen LogP contribution in [0.25, 0.3) is 0 Å². The van der Waals surface area contributed by atoms with Gasteiger partial charge in [0.1, 0.15) is 0 Å². The summed E-state index contributed by atoms with van der Waals surface area (Å²) >= 11 is 0. The molecule has 3 nitrogen and oxygen atoms in total. The summed E-state index contributed by atoms with van der Waals surface area (Å²) in [6.07, 6.45) is 7.19. The number of nitrogens with zero attached hydrogens (tertiary/aromatic N) is 1. The smallest absolute Gasteiger partial charge is 0.0698 e. The molecule has 0 bridgehead atoms. The van der Waals surface area contributed by atoms with Crippen molar-refractivity contribution < 1.29 is 4.74 Å². The Kier molecular flexibility index (Phi) is 5.07. The predicted octanol–water partition coefficient (Wildman–Crippen LogP) is 1.49. The Balaban J connectivity index is 1.64. The van der Waals surface area contributed by atoms with Crippen molar-refractivity contribution in [1.29, 1.82) is 0 Å². The highest BCUT2D eigenvalue weighted by Crippen LogP contribution is 2.18. The lowest BCUT2D eigenvalue weighted by Crippen LogP contribution is -2.40. The normalized spacial score (nSPS) is 29.4. The number of nitrogens with one attached hydrogen (secondary N) is 1. The number of ether oxygens (including phenoxy) is 1. The maximum absolute atomic E-state index is 5.46. The topological polar surface area (TPSA) is 24.5 Å². The zero-order valence-electron chi connectivity index (χ0n) is 10.6. The van der Waals surface area contributed by atoms with E-state index < -0.39 is 0 Å². The van der Waals surface area contributed by atoms with Gasteiger partial charge in [0, 0.05) is 13.7 Å². The molecular weight excluding hydrogens is 200 g/mol. The lowest BCUT2D eigenvalue weighted by atomic mass is 9.94. The number of hydrogen-bond donors (Lipinski definition) is 1. The first-order chi connectivity index (χ1) is 7.88. The van der Waals surface area contributed by atoms with E-state index in [0.717, 1.165) is 12.5 Å². The van der Waals surface area contributed by atoms with Crippen LogP contribution in [-0.4, -0.2) is 50.8 Å². The van der Waals surface area contributed by atoms with Gasteiger partial charge < -0.3 is 15.0 Å². The Morgan fingerprint density at radius 2 is 2.06 bits per heavy atom. The second-order valence-corrected chi connectivity index (χ2v) is 5.28. The highest BCUT2D eigenvalue weighted by molar-refractivity contribution is 4.75. The average Bonchev–Trinajstić information content (AvgIpc) is 2.38. The minimum absolute atomic E-state index is 0.488. The van der Waals surface area contributed by atoms with E-state index in [0.29, 0.717) is 6.10 Å². The highest BCUT2D eigenvalue weighted by atomic mass is 16.5. The molecule has 1 N–H and O–H groups in total. The van der Waals surface area contributed by atoms with Crippen molar-refractivity contribution in [2.75, 3.05) is 39.8 Å². The Hall–Kier alpha value is -0.120. The maximum Gasteiger partial charge on any atom is 0.0698 e. The molecule has 2 aliphatic rings. The molecule has 3 heteroatoms. The highest BCUT2D eigenvalue weighted by Gasteiger charge is 2.20. The Bertz CT molecular complexity index is 192. The third-order valence-electron chi connectivity index (χ3n) is 4.11. The van der Waals surface area contributed by atoms with Crippen molar-refractivity contribution in [3.8, 4) is 0 Å². The van der Waals surface area contributed by atoms with Crippen molar-refractivity contribution in [2.45, 2.75) is 38.2 Å². The summed E-state index contributed by atoms with van der Waals surface area (Å²) in [5.74, 6) is 0.962. The molecule has 1 unspecified atom stereocenters. The van der Waals surface area contributed by atoms with E-state index in [4.69, 9.17) is 4.74 Å². The van der Waals surface area contributed by atoms with Crippen LogP contribution in [0.4, 0.5) is 0 Å². The van der Waals surface area contributed by atoms with Gasteiger partial charge in [0.2, 0.25) is 0 Å². The zero-order valence-corrected chi connectivity index (χ0v) is 10.6. The van der Waals surface area contributed by atoms with E-state index in [1.165, 1.54) is 58.3 Å². The summed E-state index contributed by atoms with van der Waals surface area (Å²) < 4.78 is 5.46. The molecule has 0 aliphatic carbocycles. The van der Waals surface area contributed by atoms with Crippen LogP contribution in [-0.2, 0) is 4.74 Å². The molecule has 16 heavy (non-hydrogen) atoms. The predicted molar refractivity (Wildman–Crippen MR) is 66.7 cm³/mol. The molecule has 2 rings (SSSR count). The van der Waals surface area contributed by atoms with Crippen LogP contribution < -0.4 is 5.32 Å². The summed E-state index contributed by atoms with van der Waals surface area (Å²) in [5, 5.41) is 3.44. The van der Waals surface area contributed by atoms with Crippen molar-refractivity contribution in [2.24, 2.45) is 5.92 Å². The van der Waals surface area contributed by atoms with Gasteiger partial charge in [-0.1, -0.05) is 0 Å². The van der Waals surface area contributed by atoms with Crippen molar-refractivity contribution in [3.05, 3.63) is 0 Å². The molecule has 1 atom stereocenters. The molecular formula is C13H26N2O. The first-order valence-corrected chi connectivity index (χ1v) is 6.84. The summed E-state index contributed by atoms with van der Waals surface area (Å²) in [6, 6.07) is 0. The molecule has 2 fully saturated rings. The SMILES string of the molecule is COC1CCCN(CCC2CCNCC2)C1. The van der Waals surface area contributed by atoms with E-state index in [2.05, 4.69) is 10.2 Å². The van der Waals surface area contributed by atoms with Crippen molar-refractivity contribution in [3.63, 3.8) is 0 Å². The molecule has 94 valence electrons. The molecule has 0 aromatic heterocycles. The molecule has 0 aromatic carbocycles. The van der Waals surface area contributed by atoms with Gasteiger partial charge in [0.25, 0.3) is 0 Å². The molecule has 0 saturated carbocycles. The Morgan fingerprint density at radius 3 is 2.81 bits per heavy atom. The Labute approximate surface area is 99.5 Å². The van der Waals surface area contributed by atoms with Gasteiger partial charge in [-0.15, -0.1) is 0 Å². The second-order valence-electron chi connectivity index (χ2n) is 5.28. The van der Waals surface area contributed by atoms with Gasteiger partial charge in [-0.05, 0) is 64.2 Å². The van der Waals surface area contributed by atoms with E-state index in [-0.39, 0.29) is 0 Å². The molecule has 0 spiro atoms. The van der Waals surface area contributed by atoms with E-state index in [1.54, 1.807) is 0 Å². The van der Waals surface area contributed by atoms with Crippen LogP contribution in [0.5, 0.6) is 0 Å². The van der Waals surface area contributed by atoms with E-state index >= 15 is 0 Å². The third-order valence-corrected chi connectivity index (χ3v) is 4.11. The van der Waals surface area contributed by atoms with Crippen LogP contribution in [0, 0.1) is 5.92 Å². The fraction of sp³-hybridized carbons (Fsp3) is 1.00. The molecule has 2 heterocycles. The number of piperidine rings is 2. The first-order valence-electron chi connectivity index (χ1n) is 6.84. The summed E-state index contributed by atoms with van der Waals surface area (Å²) in [6.45, 7) is 6.17.